The molecule has 0 bridgehead atoms. The first-order valence-corrected chi connectivity index (χ1v) is 8.58. The molecule has 1 saturated carbocycles. The number of nitro groups is 1. The van der Waals surface area contributed by atoms with Gasteiger partial charge >= 0.3 is 0 Å². The fraction of sp³-hybridized carbons (Fsp3) is 0.417. The van der Waals surface area contributed by atoms with E-state index in [4.69, 9.17) is 10.7 Å². The Kier molecular flexibility index (Phi) is 4.20. The molecular weight excluding hydrogens is 320 g/mol. The number of rotatable bonds is 5. The molecule has 0 spiro atoms. The van der Waals surface area contributed by atoms with Crippen molar-refractivity contribution in [2.24, 2.45) is 5.92 Å². The van der Waals surface area contributed by atoms with Gasteiger partial charge in [0, 0.05) is 34.4 Å². The molecule has 1 aliphatic rings. The Morgan fingerprint density at radius 3 is 2.62 bits per heavy atom. The van der Waals surface area contributed by atoms with E-state index in [1.165, 1.54) is 0 Å². The Hall–Kier alpha value is -1.67. The van der Waals surface area contributed by atoms with Crippen LogP contribution in [0.3, 0.4) is 0 Å². The van der Waals surface area contributed by atoms with Gasteiger partial charge in [-0.1, -0.05) is 13.3 Å². The highest BCUT2D eigenvalue weighted by Crippen LogP contribution is 2.33. The average molecular weight is 333 g/mol. The van der Waals surface area contributed by atoms with E-state index in [-0.39, 0.29) is 11.6 Å². The molecule has 1 aromatic carbocycles. The average Bonchev–Trinajstić information content (AvgIpc) is 3.15. The monoisotopic (exact) mass is 332 g/mol. The van der Waals surface area contributed by atoms with Crippen molar-refractivity contribution in [2.45, 2.75) is 30.7 Å². The number of hydrogen-bond acceptors (Lipinski definition) is 5. The van der Waals surface area contributed by atoms with E-state index in [0.29, 0.717) is 5.92 Å². The Morgan fingerprint density at radius 2 is 2.14 bits per heavy atom. The van der Waals surface area contributed by atoms with Gasteiger partial charge in [-0.15, -0.1) is 0 Å². The summed E-state index contributed by atoms with van der Waals surface area (Å²) in [4.78, 5) is 21.6. The van der Waals surface area contributed by atoms with Crippen LogP contribution in [-0.2, 0) is 9.05 Å². The second-order valence-corrected chi connectivity index (χ2v) is 7.46. The number of amides is 1. The van der Waals surface area contributed by atoms with E-state index in [9.17, 15) is 23.3 Å². The molecule has 1 aliphatic carbocycles. The SMILES string of the molecule is CCC1CC1NC(=O)c1cc([N+](=O)[O-])cc(S(=O)(=O)Cl)c1. The third kappa shape index (κ3) is 3.70. The number of hydrogen-bond donors (Lipinski definition) is 1. The Morgan fingerprint density at radius 1 is 1.48 bits per heavy atom. The largest absolute Gasteiger partial charge is 0.349 e. The lowest BCUT2D eigenvalue weighted by atomic mass is 10.2. The van der Waals surface area contributed by atoms with Gasteiger partial charge in [-0.3, -0.25) is 14.9 Å². The fourth-order valence-corrected chi connectivity index (χ4v) is 2.88. The van der Waals surface area contributed by atoms with Gasteiger partial charge in [0.05, 0.1) is 9.82 Å². The molecule has 2 rings (SSSR count). The molecule has 2 unspecified atom stereocenters. The van der Waals surface area contributed by atoms with E-state index < -0.39 is 30.5 Å². The van der Waals surface area contributed by atoms with Crippen LogP contribution in [-0.4, -0.2) is 25.3 Å². The van der Waals surface area contributed by atoms with E-state index in [0.717, 1.165) is 31.0 Å². The summed E-state index contributed by atoms with van der Waals surface area (Å²) in [6.07, 6.45) is 1.79. The summed E-state index contributed by atoms with van der Waals surface area (Å²) >= 11 is 0. The molecule has 114 valence electrons. The maximum absolute atomic E-state index is 12.0. The minimum absolute atomic E-state index is 0.0396. The molecule has 7 nitrogen and oxygen atoms in total. The molecule has 0 radical (unpaired) electrons. The van der Waals surface area contributed by atoms with Crippen molar-refractivity contribution in [2.75, 3.05) is 0 Å². The smallest absolute Gasteiger partial charge is 0.271 e. The molecule has 0 aromatic heterocycles. The quantitative estimate of drug-likeness (QED) is 0.504. The van der Waals surface area contributed by atoms with Gasteiger partial charge in [0.2, 0.25) is 0 Å². The molecule has 9 heteroatoms. The maximum atomic E-state index is 12.0. The van der Waals surface area contributed by atoms with E-state index >= 15 is 0 Å². The summed E-state index contributed by atoms with van der Waals surface area (Å²) in [5, 5.41) is 13.5. The van der Waals surface area contributed by atoms with Crippen LogP contribution in [0.1, 0.15) is 30.1 Å². The number of nitro benzene ring substituents is 1. The molecule has 21 heavy (non-hydrogen) atoms. The second kappa shape index (κ2) is 5.61. The van der Waals surface area contributed by atoms with Gasteiger partial charge in [-0.05, 0) is 18.4 Å². The van der Waals surface area contributed by atoms with Crippen molar-refractivity contribution in [3.63, 3.8) is 0 Å². The number of nitrogens with one attached hydrogen (secondary N) is 1. The number of nitrogens with zero attached hydrogens (tertiary/aromatic N) is 1. The highest BCUT2D eigenvalue weighted by atomic mass is 35.7. The van der Waals surface area contributed by atoms with E-state index in [1.807, 2.05) is 6.92 Å². The molecular formula is C12H13ClN2O5S. The number of carbonyl (C=O) groups excluding carboxylic acids is 1. The lowest BCUT2D eigenvalue weighted by Crippen LogP contribution is -2.27. The van der Waals surface area contributed by atoms with Crippen LogP contribution in [0.4, 0.5) is 5.69 Å². The van der Waals surface area contributed by atoms with E-state index in [2.05, 4.69) is 5.32 Å². The molecule has 0 aliphatic heterocycles. The zero-order valence-corrected chi connectivity index (χ0v) is 12.6. The predicted octanol–water partition coefficient (Wildman–Crippen LogP) is 2.05. The fourth-order valence-electron chi connectivity index (χ4n) is 2.09. The molecule has 0 saturated heterocycles. The number of halogens is 1. The first-order chi connectivity index (χ1) is 9.72. The lowest BCUT2D eigenvalue weighted by Gasteiger charge is -2.06. The van der Waals surface area contributed by atoms with Gasteiger partial charge in [-0.25, -0.2) is 8.42 Å². The van der Waals surface area contributed by atoms with Crippen molar-refractivity contribution >= 4 is 31.3 Å². The topological polar surface area (TPSA) is 106 Å². The third-order valence-corrected chi connectivity index (χ3v) is 4.74. The van der Waals surface area contributed by atoms with Crippen molar-refractivity contribution in [1.29, 1.82) is 0 Å². The van der Waals surface area contributed by atoms with Gasteiger partial charge in [-0.2, -0.15) is 0 Å². The highest BCUT2D eigenvalue weighted by Gasteiger charge is 2.36. The van der Waals surface area contributed by atoms with Gasteiger partial charge < -0.3 is 5.32 Å². The summed E-state index contributed by atoms with van der Waals surface area (Å²) < 4.78 is 22.7. The summed E-state index contributed by atoms with van der Waals surface area (Å²) in [6, 6.07) is 2.93. The van der Waals surface area contributed by atoms with Crippen molar-refractivity contribution in [3.8, 4) is 0 Å². The standard InChI is InChI=1S/C12H13ClN2O5S/c1-2-7-5-11(7)14-12(16)8-3-9(15(17)18)6-10(4-8)21(13,19)20/h3-4,6-7,11H,2,5H2,1H3,(H,14,16). The van der Waals surface area contributed by atoms with Crippen molar-refractivity contribution < 1.29 is 18.1 Å². The minimum Gasteiger partial charge on any atom is -0.349 e. The number of benzene rings is 1. The third-order valence-electron chi connectivity index (χ3n) is 3.41. The molecule has 2 atom stereocenters. The summed E-state index contributed by atoms with van der Waals surface area (Å²) in [7, 11) is 1.04. The molecule has 1 N–H and O–H groups in total. The van der Waals surface area contributed by atoms with Gasteiger partial charge in [0.15, 0.2) is 0 Å². The summed E-state index contributed by atoms with van der Waals surface area (Å²) in [5.41, 5.74) is -0.588. The first-order valence-electron chi connectivity index (χ1n) is 6.27. The van der Waals surface area contributed by atoms with Crippen LogP contribution in [0.2, 0.25) is 0 Å². The maximum Gasteiger partial charge on any atom is 0.271 e. The zero-order chi connectivity index (χ0) is 15.8. The molecule has 1 fully saturated rings. The minimum atomic E-state index is -4.16. The Balaban J connectivity index is 2.32. The van der Waals surface area contributed by atoms with Crippen LogP contribution < -0.4 is 5.32 Å². The number of carbonyl (C=O) groups is 1. The van der Waals surface area contributed by atoms with Gasteiger partial charge in [0.25, 0.3) is 20.6 Å². The van der Waals surface area contributed by atoms with Crippen LogP contribution in [0.25, 0.3) is 0 Å². The Labute approximate surface area is 125 Å². The molecule has 1 aromatic rings. The summed E-state index contributed by atoms with van der Waals surface area (Å²) in [6.45, 7) is 2.00. The van der Waals surface area contributed by atoms with Gasteiger partial charge in [0.1, 0.15) is 0 Å². The predicted molar refractivity (Wildman–Crippen MR) is 75.8 cm³/mol. The van der Waals surface area contributed by atoms with Crippen LogP contribution in [0.5, 0.6) is 0 Å². The second-order valence-electron chi connectivity index (χ2n) is 4.89. The lowest BCUT2D eigenvalue weighted by molar-refractivity contribution is -0.385. The highest BCUT2D eigenvalue weighted by molar-refractivity contribution is 8.13. The summed E-state index contributed by atoms with van der Waals surface area (Å²) in [5.74, 6) is -0.134. The Bertz CT molecular complexity index is 704. The zero-order valence-electron chi connectivity index (χ0n) is 11.1. The molecule has 1 amide bonds. The van der Waals surface area contributed by atoms with Crippen LogP contribution >= 0.6 is 10.7 Å². The van der Waals surface area contributed by atoms with Crippen LogP contribution in [0.15, 0.2) is 23.1 Å². The number of non-ortho nitro benzene ring substituents is 1. The molecule has 0 heterocycles. The van der Waals surface area contributed by atoms with Crippen LogP contribution in [0, 0.1) is 16.0 Å². The normalized spacial score (nSPS) is 20.9. The van der Waals surface area contributed by atoms with Crippen molar-refractivity contribution in [3.05, 3.63) is 33.9 Å². The van der Waals surface area contributed by atoms with Crippen molar-refractivity contribution in [1.82, 2.24) is 5.32 Å². The van der Waals surface area contributed by atoms with E-state index in [1.54, 1.807) is 0 Å². The first kappa shape index (κ1) is 15.7.